The van der Waals surface area contributed by atoms with Crippen molar-refractivity contribution in [3.05, 3.63) is 92.3 Å². The number of hydrogen-bond acceptors (Lipinski definition) is 7. The average molecular weight is 688 g/mol. The highest BCUT2D eigenvalue weighted by atomic mass is 35.5. The monoisotopic (exact) mass is 687 g/mol. The van der Waals surface area contributed by atoms with Gasteiger partial charge in [-0.25, -0.2) is 4.79 Å². The lowest BCUT2D eigenvalue weighted by atomic mass is 10.1. The molecule has 0 saturated carbocycles. The first-order chi connectivity index (χ1) is 23.0. The molecule has 0 aliphatic heterocycles. The van der Waals surface area contributed by atoms with E-state index in [0.717, 1.165) is 38.5 Å². The summed E-state index contributed by atoms with van der Waals surface area (Å²) in [5.41, 5.74) is -0.429. The molecule has 4 rings (SSSR count). The first-order valence-corrected chi connectivity index (χ1v) is 16.7. The van der Waals surface area contributed by atoms with E-state index >= 15 is 0 Å². The van der Waals surface area contributed by atoms with Crippen molar-refractivity contribution in [2.24, 2.45) is 0 Å². The molecule has 7 nitrogen and oxygen atoms in total. The highest BCUT2D eigenvalue weighted by molar-refractivity contribution is 6.31. The predicted octanol–water partition coefficient (Wildman–Crippen LogP) is 10.4. The Morgan fingerprint density at radius 3 is 2.21 bits per heavy atom. The Labute approximate surface area is 283 Å². The molecular formula is C37H41ClF3NO6. The summed E-state index contributed by atoms with van der Waals surface area (Å²) in [6.45, 7) is 9.63. The largest absolute Gasteiger partial charge is 0.494 e. The summed E-state index contributed by atoms with van der Waals surface area (Å²) in [5.74, 6) is -2.74. The smallest absolute Gasteiger partial charge is 0.453 e. The van der Waals surface area contributed by atoms with Gasteiger partial charge >= 0.3 is 12.1 Å². The maximum Gasteiger partial charge on any atom is 0.453 e. The SMILES string of the molecule is CCCCCCOc1ccc(C(=O)Oc2ccc3c(=O)c(Oc4ccc(Cl)c(C)c4)c(C(F)(F)F)oc3c2CN(CCC)CCC)cc1. The van der Waals surface area contributed by atoms with Gasteiger partial charge in [0.1, 0.15) is 22.8 Å². The van der Waals surface area contributed by atoms with Crippen LogP contribution < -0.4 is 19.6 Å². The normalized spacial score (nSPS) is 11.7. The van der Waals surface area contributed by atoms with Gasteiger partial charge in [-0.05, 0) is 99.4 Å². The summed E-state index contributed by atoms with van der Waals surface area (Å²) in [6, 6.07) is 13.4. The predicted molar refractivity (Wildman–Crippen MR) is 181 cm³/mol. The summed E-state index contributed by atoms with van der Waals surface area (Å²) >= 11 is 6.07. The second kappa shape index (κ2) is 16.9. The van der Waals surface area contributed by atoms with Crippen molar-refractivity contribution < 1.29 is 36.6 Å². The van der Waals surface area contributed by atoms with E-state index in [4.69, 9.17) is 30.2 Å². The molecule has 0 saturated heterocycles. The van der Waals surface area contributed by atoms with Gasteiger partial charge in [0, 0.05) is 11.6 Å². The third-order valence-electron chi connectivity index (χ3n) is 7.71. The van der Waals surface area contributed by atoms with Gasteiger partial charge in [0.05, 0.1) is 23.1 Å². The number of hydrogen-bond donors (Lipinski definition) is 0. The molecule has 48 heavy (non-hydrogen) atoms. The molecule has 0 fully saturated rings. The molecule has 0 spiro atoms. The molecule has 1 heterocycles. The summed E-state index contributed by atoms with van der Waals surface area (Å²) in [7, 11) is 0. The van der Waals surface area contributed by atoms with Gasteiger partial charge in [-0.3, -0.25) is 9.69 Å². The number of aryl methyl sites for hydroxylation is 1. The van der Waals surface area contributed by atoms with Gasteiger partial charge in [-0.1, -0.05) is 51.6 Å². The van der Waals surface area contributed by atoms with Gasteiger partial charge in [-0.2, -0.15) is 13.2 Å². The fraction of sp³-hybridized carbons (Fsp3) is 0.405. The van der Waals surface area contributed by atoms with Crippen molar-refractivity contribution in [2.75, 3.05) is 19.7 Å². The molecule has 0 N–H and O–H groups in total. The molecule has 0 bridgehead atoms. The first kappa shape index (κ1) is 36.8. The van der Waals surface area contributed by atoms with Crippen LogP contribution in [0.1, 0.15) is 86.5 Å². The number of alkyl halides is 3. The lowest BCUT2D eigenvalue weighted by Gasteiger charge is -2.23. The van der Waals surface area contributed by atoms with Gasteiger partial charge in [0.15, 0.2) is 0 Å². The number of halogens is 4. The molecule has 0 amide bonds. The lowest BCUT2D eigenvalue weighted by molar-refractivity contribution is -0.154. The van der Waals surface area contributed by atoms with E-state index in [-0.39, 0.29) is 40.1 Å². The summed E-state index contributed by atoms with van der Waals surface area (Å²) in [5, 5.41) is 0.244. The van der Waals surface area contributed by atoms with Gasteiger partial charge < -0.3 is 18.6 Å². The van der Waals surface area contributed by atoms with Crippen LogP contribution in [0.15, 0.2) is 63.8 Å². The molecule has 258 valence electrons. The first-order valence-electron chi connectivity index (χ1n) is 16.3. The molecule has 0 aliphatic carbocycles. The third-order valence-corrected chi connectivity index (χ3v) is 8.13. The van der Waals surface area contributed by atoms with E-state index < -0.39 is 29.1 Å². The van der Waals surface area contributed by atoms with E-state index in [1.165, 1.54) is 30.3 Å². The number of esters is 1. The highest BCUT2D eigenvalue weighted by Gasteiger charge is 2.41. The average Bonchev–Trinajstić information content (AvgIpc) is 3.04. The zero-order chi connectivity index (χ0) is 34.8. The minimum absolute atomic E-state index is 0.00944. The van der Waals surface area contributed by atoms with E-state index in [1.807, 2.05) is 18.7 Å². The second-order valence-electron chi connectivity index (χ2n) is 11.6. The summed E-state index contributed by atoms with van der Waals surface area (Å²) < 4.78 is 66.1. The summed E-state index contributed by atoms with van der Waals surface area (Å²) in [6.07, 6.45) is 0.714. The van der Waals surface area contributed by atoms with Crippen molar-refractivity contribution in [3.63, 3.8) is 0 Å². The minimum Gasteiger partial charge on any atom is -0.494 e. The molecule has 4 aromatic rings. The number of carbonyl (C=O) groups excluding carboxylic acids is 1. The molecule has 0 radical (unpaired) electrons. The number of benzene rings is 3. The van der Waals surface area contributed by atoms with Gasteiger partial charge in [-0.15, -0.1) is 0 Å². The van der Waals surface area contributed by atoms with Crippen LogP contribution in [0, 0.1) is 6.92 Å². The molecule has 0 aliphatic rings. The van der Waals surface area contributed by atoms with Crippen LogP contribution in [-0.2, 0) is 12.7 Å². The summed E-state index contributed by atoms with van der Waals surface area (Å²) in [4.78, 5) is 29.0. The number of fused-ring (bicyclic) bond motifs is 1. The number of nitrogens with zero attached hydrogens (tertiary/aromatic N) is 1. The quantitative estimate of drug-likeness (QED) is 0.0659. The van der Waals surface area contributed by atoms with Crippen molar-refractivity contribution >= 4 is 28.5 Å². The Hall–Kier alpha value is -4.02. The Balaban J connectivity index is 1.76. The maximum atomic E-state index is 14.5. The van der Waals surface area contributed by atoms with E-state index in [1.54, 1.807) is 31.2 Å². The number of unbranched alkanes of at least 4 members (excludes halogenated alkanes) is 3. The zero-order valence-electron chi connectivity index (χ0n) is 27.7. The molecular weight excluding hydrogens is 647 g/mol. The van der Waals surface area contributed by atoms with E-state index in [0.29, 0.717) is 36.0 Å². The van der Waals surface area contributed by atoms with Crippen LogP contribution in [0.25, 0.3) is 11.0 Å². The highest BCUT2D eigenvalue weighted by Crippen LogP contribution is 2.41. The van der Waals surface area contributed by atoms with Gasteiger partial charge in [0.2, 0.25) is 11.2 Å². The van der Waals surface area contributed by atoms with Crippen molar-refractivity contribution in [3.8, 4) is 23.0 Å². The minimum atomic E-state index is -5.08. The fourth-order valence-electron chi connectivity index (χ4n) is 5.29. The Kier molecular flexibility index (Phi) is 12.9. The second-order valence-corrected chi connectivity index (χ2v) is 12.0. The zero-order valence-corrected chi connectivity index (χ0v) is 28.4. The van der Waals surface area contributed by atoms with Crippen molar-refractivity contribution in [1.82, 2.24) is 4.90 Å². The van der Waals surface area contributed by atoms with E-state index in [2.05, 4.69) is 6.92 Å². The van der Waals surface area contributed by atoms with Crippen LogP contribution in [0.5, 0.6) is 23.0 Å². The van der Waals surface area contributed by atoms with Crippen molar-refractivity contribution in [2.45, 2.75) is 78.9 Å². The molecule has 3 aromatic carbocycles. The maximum absolute atomic E-state index is 14.5. The van der Waals surface area contributed by atoms with E-state index in [9.17, 15) is 22.8 Å². The molecule has 0 atom stereocenters. The Morgan fingerprint density at radius 1 is 0.896 bits per heavy atom. The van der Waals surface area contributed by atoms with Crippen LogP contribution >= 0.6 is 11.6 Å². The van der Waals surface area contributed by atoms with Crippen LogP contribution in [0.3, 0.4) is 0 Å². The molecule has 0 unspecified atom stereocenters. The van der Waals surface area contributed by atoms with Gasteiger partial charge in [0.25, 0.3) is 5.76 Å². The van der Waals surface area contributed by atoms with Crippen molar-refractivity contribution in [1.29, 1.82) is 0 Å². The molecule has 11 heteroatoms. The Morgan fingerprint density at radius 2 is 1.58 bits per heavy atom. The topological polar surface area (TPSA) is 78.2 Å². The van der Waals surface area contributed by atoms with Crippen LogP contribution in [0.4, 0.5) is 13.2 Å². The number of rotatable bonds is 16. The van der Waals surface area contributed by atoms with Crippen LogP contribution in [-0.4, -0.2) is 30.6 Å². The standard InChI is InChI=1S/C37H41ClF3NO6/c1-5-8-9-10-21-45-26-13-11-25(12-14-26)36(44)47-31-18-16-28-32(43)34(46-27-15-17-30(38)24(4)22-27)35(37(39,40)41)48-33(28)29(31)23-42(19-6-2)20-7-3/h11-18,22H,5-10,19-21,23H2,1-4H3. The third kappa shape index (κ3) is 9.32. The van der Waals surface area contributed by atoms with Crippen LogP contribution in [0.2, 0.25) is 5.02 Å². The number of carbonyl (C=O) groups is 1. The lowest BCUT2D eigenvalue weighted by Crippen LogP contribution is -2.26. The number of ether oxygens (including phenoxy) is 3. The Bertz CT molecular complexity index is 1750. The molecule has 1 aromatic heterocycles. The fourth-order valence-corrected chi connectivity index (χ4v) is 5.41.